The Hall–Kier alpha value is -2.95. The highest BCUT2D eigenvalue weighted by molar-refractivity contribution is 6.49. The number of benzene rings is 1. The second-order valence-corrected chi connectivity index (χ2v) is 4.84. The minimum Gasteiger partial charge on any atom is -0.266 e. The van der Waals surface area contributed by atoms with Gasteiger partial charge in [0.25, 0.3) is 0 Å². The van der Waals surface area contributed by atoms with Crippen LogP contribution < -0.4 is 0 Å². The van der Waals surface area contributed by atoms with E-state index in [1.54, 1.807) is 5.01 Å². The Morgan fingerprint density at radius 2 is 1.86 bits per heavy atom. The summed E-state index contributed by atoms with van der Waals surface area (Å²) in [4.78, 5) is 4.54. The number of hydrogen-bond acceptors (Lipinski definition) is 5. The van der Waals surface area contributed by atoms with Gasteiger partial charge in [-0.15, -0.1) is 0 Å². The van der Waals surface area contributed by atoms with E-state index in [1.165, 1.54) is 0 Å². The van der Waals surface area contributed by atoms with E-state index in [-0.39, 0.29) is 0 Å². The lowest BCUT2D eigenvalue weighted by Crippen LogP contribution is -2.34. The van der Waals surface area contributed by atoms with E-state index in [4.69, 9.17) is 0 Å². The summed E-state index contributed by atoms with van der Waals surface area (Å²) in [6, 6.07) is 10.1. The van der Waals surface area contributed by atoms with Crippen LogP contribution in [-0.4, -0.2) is 34.4 Å². The van der Waals surface area contributed by atoms with Gasteiger partial charge < -0.3 is 0 Å². The molecular weight excluding hydrogens is 262 g/mol. The van der Waals surface area contributed by atoms with E-state index < -0.39 is 0 Å². The number of fused-ring (bicyclic) bond motifs is 2. The molecule has 3 aliphatic heterocycles. The van der Waals surface area contributed by atoms with E-state index in [2.05, 4.69) is 27.3 Å². The molecule has 3 aliphatic rings. The summed E-state index contributed by atoms with van der Waals surface area (Å²) in [5.74, 6) is 1.42. The Kier molecular flexibility index (Phi) is 2.57. The lowest BCUT2D eigenvalue weighted by molar-refractivity contribution is 0.511. The number of rotatable bonds is 1. The smallest absolute Gasteiger partial charge is 0.202 e. The van der Waals surface area contributed by atoms with Gasteiger partial charge >= 0.3 is 0 Å². The molecule has 3 heterocycles. The Morgan fingerprint density at radius 3 is 2.71 bits per heavy atom. The first-order valence-corrected chi connectivity index (χ1v) is 6.72. The van der Waals surface area contributed by atoms with Crippen molar-refractivity contribution in [3.05, 3.63) is 66.4 Å². The van der Waals surface area contributed by atoms with Crippen LogP contribution in [0.25, 0.3) is 5.70 Å². The topological polar surface area (TPSA) is 43.6 Å². The van der Waals surface area contributed by atoms with Gasteiger partial charge in [-0.25, -0.2) is 10.0 Å². The standard InChI is InChI=1S/C16H13N5/c1-20-14(12-7-3-2-4-8-12)11-13-16(19-20)17-15-9-5-6-10-21(15)18-13/h2-11H,1H3. The van der Waals surface area contributed by atoms with Crippen LogP contribution in [0.4, 0.5) is 0 Å². The molecule has 102 valence electrons. The third kappa shape index (κ3) is 1.99. The van der Waals surface area contributed by atoms with Crippen molar-refractivity contribution in [3.63, 3.8) is 0 Å². The van der Waals surface area contributed by atoms with E-state index in [0.29, 0.717) is 5.84 Å². The minimum atomic E-state index is 0.642. The summed E-state index contributed by atoms with van der Waals surface area (Å²) in [5, 5.41) is 12.7. The van der Waals surface area contributed by atoms with E-state index >= 15 is 0 Å². The van der Waals surface area contributed by atoms with Crippen LogP contribution in [-0.2, 0) is 0 Å². The summed E-state index contributed by atoms with van der Waals surface area (Å²) in [6.07, 6.45) is 9.69. The maximum absolute atomic E-state index is 4.58. The van der Waals surface area contributed by atoms with Crippen LogP contribution >= 0.6 is 0 Å². The Morgan fingerprint density at radius 1 is 1.00 bits per heavy atom. The molecule has 0 saturated carbocycles. The Bertz CT molecular complexity index is 765. The molecule has 0 N–H and O–H groups in total. The summed E-state index contributed by atoms with van der Waals surface area (Å²) in [7, 11) is 1.92. The van der Waals surface area contributed by atoms with Crippen LogP contribution in [0.2, 0.25) is 0 Å². The molecule has 0 saturated heterocycles. The zero-order valence-electron chi connectivity index (χ0n) is 11.5. The van der Waals surface area contributed by atoms with Gasteiger partial charge in [-0.3, -0.25) is 5.01 Å². The predicted octanol–water partition coefficient (Wildman–Crippen LogP) is 2.44. The maximum Gasteiger partial charge on any atom is 0.202 e. The lowest BCUT2D eigenvalue weighted by atomic mass is 10.1. The highest BCUT2D eigenvalue weighted by Gasteiger charge is 2.24. The van der Waals surface area contributed by atoms with Crippen LogP contribution in [0.15, 0.2) is 76.0 Å². The molecule has 0 spiro atoms. The molecule has 5 nitrogen and oxygen atoms in total. The number of hydrogen-bond donors (Lipinski definition) is 0. The van der Waals surface area contributed by atoms with Crippen molar-refractivity contribution < 1.29 is 0 Å². The fraction of sp³-hybridized carbons (Fsp3) is 0.0625. The number of hydrazone groups is 2. The fourth-order valence-corrected chi connectivity index (χ4v) is 2.39. The number of allylic oxidation sites excluding steroid dienone is 2. The number of aliphatic imine (C=N–C) groups is 1. The first-order valence-electron chi connectivity index (χ1n) is 6.72. The van der Waals surface area contributed by atoms with Crippen molar-refractivity contribution in [2.45, 2.75) is 0 Å². The molecule has 1 aromatic carbocycles. The molecule has 0 bridgehead atoms. The SMILES string of the molecule is CN1N=C2N=C3C=CC=CN3N=C2C=C1c1ccccc1. The Balaban J connectivity index is 1.77. The second-order valence-electron chi connectivity index (χ2n) is 4.84. The van der Waals surface area contributed by atoms with Gasteiger partial charge in [0.15, 0.2) is 5.84 Å². The molecule has 0 unspecified atom stereocenters. The molecule has 5 heteroatoms. The Labute approximate surface area is 122 Å². The van der Waals surface area contributed by atoms with Gasteiger partial charge in [0.1, 0.15) is 5.71 Å². The molecule has 1 aromatic rings. The van der Waals surface area contributed by atoms with E-state index in [1.807, 2.05) is 60.8 Å². The van der Waals surface area contributed by atoms with Gasteiger partial charge in [0.05, 0.1) is 5.70 Å². The number of amidine groups is 2. The summed E-state index contributed by atoms with van der Waals surface area (Å²) >= 11 is 0. The highest BCUT2D eigenvalue weighted by atomic mass is 15.5. The lowest BCUT2D eigenvalue weighted by Gasteiger charge is -2.27. The zero-order chi connectivity index (χ0) is 14.2. The highest BCUT2D eigenvalue weighted by Crippen LogP contribution is 2.24. The third-order valence-corrected chi connectivity index (χ3v) is 3.42. The van der Waals surface area contributed by atoms with Crippen molar-refractivity contribution in [1.82, 2.24) is 10.0 Å². The molecule has 0 aromatic heterocycles. The average molecular weight is 275 g/mol. The van der Waals surface area contributed by atoms with Crippen LogP contribution in [0.5, 0.6) is 0 Å². The fourth-order valence-electron chi connectivity index (χ4n) is 2.39. The summed E-state index contributed by atoms with van der Waals surface area (Å²) in [5.41, 5.74) is 2.89. The van der Waals surface area contributed by atoms with Gasteiger partial charge in [0, 0.05) is 13.2 Å². The molecule has 0 atom stereocenters. The zero-order valence-corrected chi connectivity index (χ0v) is 11.5. The van der Waals surface area contributed by atoms with Crippen molar-refractivity contribution in [3.8, 4) is 0 Å². The summed E-state index contributed by atoms with van der Waals surface area (Å²) in [6.45, 7) is 0. The molecule has 0 aliphatic carbocycles. The second kappa shape index (κ2) is 4.56. The van der Waals surface area contributed by atoms with Crippen LogP contribution in [0, 0.1) is 0 Å². The molecular formula is C16H13N5. The molecule has 0 radical (unpaired) electrons. The third-order valence-electron chi connectivity index (χ3n) is 3.42. The molecule has 4 rings (SSSR count). The predicted molar refractivity (Wildman–Crippen MR) is 84.6 cm³/mol. The number of nitrogens with zero attached hydrogens (tertiary/aromatic N) is 5. The quantitative estimate of drug-likeness (QED) is 0.790. The first kappa shape index (κ1) is 11.8. The monoisotopic (exact) mass is 275 g/mol. The molecule has 0 fully saturated rings. The normalized spacial score (nSPS) is 19.3. The molecule has 0 amide bonds. The van der Waals surface area contributed by atoms with Crippen molar-refractivity contribution in [1.29, 1.82) is 0 Å². The van der Waals surface area contributed by atoms with Crippen molar-refractivity contribution in [2.75, 3.05) is 7.05 Å². The van der Waals surface area contributed by atoms with Crippen molar-refractivity contribution in [2.24, 2.45) is 15.2 Å². The molecule has 21 heavy (non-hydrogen) atoms. The van der Waals surface area contributed by atoms with E-state index in [0.717, 1.165) is 22.8 Å². The van der Waals surface area contributed by atoms with Crippen LogP contribution in [0.1, 0.15) is 5.56 Å². The van der Waals surface area contributed by atoms with Gasteiger partial charge in [-0.05, 0) is 23.8 Å². The largest absolute Gasteiger partial charge is 0.266 e. The minimum absolute atomic E-state index is 0.642. The first-order chi connectivity index (χ1) is 10.3. The van der Waals surface area contributed by atoms with Crippen LogP contribution in [0.3, 0.4) is 0 Å². The van der Waals surface area contributed by atoms with E-state index in [9.17, 15) is 0 Å². The van der Waals surface area contributed by atoms with Gasteiger partial charge in [-0.1, -0.05) is 36.4 Å². The average Bonchev–Trinajstić information content (AvgIpc) is 2.53. The maximum atomic E-state index is 4.58. The summed E-state index contributed by atoms with van der Waals surface area (Å²) < 4.78 is 0. The van der Waals surface area contributed by atoms with Gasteiger partial charge in [-0.2, -0.15) is 10.2 Å². The van der Waals surface area contributed by atoms with Crippen molar-refractivity contribution >= 4 is 23.1 Å². The van der Waals surface area contributed by atoms with Gasteiger partial charge in [0.2, 0.25) is 5.84 Å².